The van der Waals surface area contributed by atoms with Crippen LogP contribution in [0.15, 0.2) is 6.07 Å². The lowest BCUT2D eigenvalue weighted by Crippen LogP contribution is -2.51. The van der Waals surface area contributed by atoms with Gasteiger partial charge in [-0.3, -0.25) is 14.8 Å². The number of aromatic nitrogens is 2. The number of H-pyrrole nitrogens is 1. The van der Waals surface area contributed by atoms with E-state index in [2.05, 4.69) is 20.4 Å². The van der Waals surface area contributed by atoms with Gasteiger partial charge in [-0.25, -0.2) is 0 Å². The van der Waals surface area contributed by atoms with E-state index < -0.39 is 0 Å². The van der Waals surface area contributed by atoms with E-state index in [0.717, 1.165) is 24.7 Å². The maximum Gasteiger partial charge on any atom is 0.272 e. The van der Waals surface area contributed by atoms with E-state index in [1.807, 2.05) is 6.92 Å². The monoisotopic (exact) mass is 304 g/mol. The molecule has 22 heavy (non-hydrogen) atoms. The van der Waals surface area contributed by atoms with Gasteiger partial charge in [-0.1, -0.05) is 25.7 Å². The quantitative estimate of drug-likeness (QED) is 0.844. The normalized spacial score (nSPS) is 24.9. The molecule has 1 saturated carbocycles. The van der Waals surface area contributed by atoms with Gasteiger partial charge >= 0.3 is 0 Å². The Kier molecular flexibility index (Phi) is 5.13. The summed E-state index contributed by atoms with van der Waals surface area (Å²) in [5.74, 6) is -0.0444. The molecule has 122 valence electrons. The van der Waals surface area contributed by atoms with Crippen LogP contribution in [0.4, 0.5) is 0 Å². The van der Waals surface area contributed by atoms with Crippen LogP contribution in [0.25, 0.3) is 0 Å². The van der Waals surface area contributed by atoms with E-state index in [0.29, 0.717) is 5.69 Å². The number of carbonyl (C=O) groups excluding carboxylic acids is 1. The number of nitrogens with one attached hydrogen (secondary N) is 2. The first-order valence-corrected chi connectivity index (χ1v) is 8.79. The predicted octanol–water partition coefficient (Wildman–Crippen LogP) is 2.64. The summed E-state index contributed by atoms with van der Waals surface area (Å²) in [5, 5.41) is 10.1. The second kappa shape index (κ2) is 7.27. The number of piperidine rings is 1. The number of aryl methyl sites for hydroxylation is 1. The summed E-state index contributed by atoms with van der Waals surface area (Å²) in [4.78, 5) is 14.9. The molecule has 1 aliphatic carbocycles. The molecule has 1 aromatic rings. The fraction of sp³-hybridized carbons (Fsp3) is 0.765. The fourth-order valence-electron chi connectivity index (χ4n) is 3.87. The van der Waals surface area contributed by atoms with Crippen LogP contribution in [0.5, 0.6) is 0 Å². The molecule has 1 atom stereocenters. The number of hydrogen-bond acceptors (Lipinski definition) is 3. The molecule has 0 spiro atoms. The minimum Gasteiger partial charge on any atom is -0.347 e. The van der Waals surface area contributed by atoms with Crippen molar-refractivity contribution in [1.82, 2.24) is 20.4 Å². The van der Waals surface area contributed by atoms with Crippen LogP contribution in [0, 0.1) is 6.92 Å². The molecule has 2 heterocycles. The molecule has 1 saturated heterocycles. The number of carbonyl (C=O) groups is 1. The van der Waals surface area contributed by atoms with Gasteiger partial charge in [-0.15, -0.1) is 0 Å². The Labute approximate surface area is 132 Å². The predicted molar refractivity (Wildman–Crippen MR) is 86.9 cm³/mol. The highest BCUT2D eigenvalue weighted by Gasteiger charge is 2.27. The molecule has 1 aliphatic heterocycles. The first kappa shape index (κ1) is 15.5. The van der Waals surface area contributed by atoms with Crippen molar-refractivity contribution in [2.45, 2.75) is 70.4 Å². The molecule has 5 heteroatoms. The largest absolute Gasteiger partial charge is 0.347 e. The van der Waals surface area contributed by atoms with Gasteiger partial charge in [0.05, 0.1) is 0 Å². The zero-order valence-electron chi connectivity index (χ0n) is 13.6. The summed E-state index contributed by atoms with van der Waals surface area (Å²) in [6, 6.07) is 2.80. The number of aromatic amines is 1. The minimum atomic E-state index is -0.0444. The average Bonchev–Trinajstić information content (AvgIpc) is 2.79. The summed E-state index contributed by atoms with van der Waals surface area (Å²) in [5.41, 5.74) is 1.43. The van der Waals surface area contributed by atoms with E-state index in [1.54, 1.807) is 6.07 Å². The Morgan fingerprint density at radius 1 is 1.23 bits per heavy atom. The van der Waals surface area contributed by atoms with E-state index in [4.69, 9.17) is 0 Å². The van der Waals surface area contributed by atoms with Crippen molar-refractivity contribution < 1.29 is 4.79 Å². The van der Waals surface area contributed by atoms with E-state index in [1.165, 1.54) is 51.5 Å². The SMILES string of the molecule is Cc1cc(C(=O)NC2CCCN(C3CCCCCC3)C2)n[nH]1. The summed E-state index contributed by atoms with van der Waals surface area (Å²) >= 11 is 0. The molecule has 1 amide bonds. The Morgan fingerprint density at radius 3 is 2.68 bits per heavy atom. The molecule has 2 N–H and O–H groups in total. The number of rotatable bonds is 3. The van der Waals surface area contributed by atoms with E-state index in [-0.39, 0.29) is 11.9 Å². The molecular formula is C17H28N4O. The zero-order chi connectivity index (χ0) is 15.4. The van der Waals surface area contributed by atoms with Gasteiger partial charge in [0, 0.05) is 24.3 Å². The van der Waals surface area contributed by atoms with Gasteiger partial charge in [-0.05, 0) is 45.2 Å². The number of likely N-dealkylation sites (tertiary alicyclic amines) is 1. The first-order chi connectivity index (χ1) is 10.7. The van der Waals surface area contributed by atoms with Crippen molar-refractivity contribution in [2.75, 3.05) is 13.1 Å². The Morgan fingerprint density at radius 2 is 2.00 bits per heavy atom. The van der Waals surface area contributed by atoms with Crippen molar-refractivity contribution >= 4 is 5.91 Å². The molecule has 2 fully saturated rings. The third-order valence-corrected chi connectivity index (χ3v) is 5.07. The number of amides is 1. The zero-order valence-corrected chi connectivity index (χ0v) is 13.6. The molecule has 0 aromatic carbocycles. The van der Waals surface area contributed by atoms with Crippen molar-refractivity contribution in [2.24, 2.45) is 0 Å². The van der Waals surface area contributed by atoms with Crippen molar-refractivity contribution in [1.29, 1.82) is 0 Å². The van der Waals surface area contributed by atoms with Crippen LogP contribution in [-0.4, -0.2) is 46.2 Å². The maximum atomic E-state index is 12.3. The molecule has 1 unspecified atom stereocenters. The highest BCUT2D eigenvalue weighted by Crippen LogP contribution is 2.24. The minimum absolute atomic E-state index is 0.0444. The second-order valence-corrected chi connectivity index (χ2v) is 6.89. The van der Waals surface area contributed by atoms with Gasteiger partial charge < -0.3 is 5.32 Å². The van der Waals surface area contributed by atoms with Gasteiger partial charge in [-0.2, -0.15) is 5.10 Å². The Balaban J connectivity index is 1.54. The Bertz CT molecular complexity index is 491. The van der Waals surface area contributed by atoms with Crippen LogP contribution in [0.3, 0.4) is 0 Å². The summed E-state index contributed by atoms with van der Waals surface area (Å²) in [6.45, 7) is 4.11. The van der Waals surface area contributed by atoms with Crippen LogP contribution in [0.2, 0.25) is 0 Å². The number of nitrogens with zero attached hydrogens (tertiary/aromatic N) is 2. The molecule has 0 bridgehead atoms. The summed E-state index contributed by atoms with van der Waals surface area (Å²) < 4.78 is 0. The summed E-state index contributed by atoms with van der Waals surface area (Å²) in [6.07, 6.45) is 10.4. The molecular weight excluding hydrogens is 276 g/mol. The molecule has 1 aromatic heterocycles. The van der Waals surface area contributed by atoms with Gasteiger partial charge in [0.1, 0.15) is 5.69 Å². The lowest BCUT2D eigenvalue weighted by molar-refractivity contribution is 0.0856. The number of hydrogen-bond donors (Lipinski definition) is 2. The van der Waals surface area contributed by atoms with Crippen LogP contribution < -0.4 is 5.32 Å². The molecule has 2 aliphatic rings. The van der Waals surface area contributed by atoms with Gasteiger partial charge in [0.25, 0.3) is 5.91 Å². The third-order valence-electron chi connectivity index (χ3n) is 5.07. The fourth-order valence-corrected chi connectivity index (χ4v) is 3.87. The van der Waals surface area contributed by atoms with Crippen molar-refractivity contribution in [3.05, 3.63) is 17.5 Å². The lowest BCUT2D eigenvalue weighted by atomic mass is 10.00. The second-order valence-electron chi connectivity index (χ2n) is 6.89. The smallest absolute Gasteiger partial charge is 0.272 e. The van der Waals surface area contributed by atoms with Crippen LogP contribution in [-0.2, 0) is 0 Å². The average molecular weight is 304 g/mol. The van der Waals surface area contributed by atoms with Crippen LogP contribution in [0.1, 0.15) is 67.5 Å². The van der Waals surface area contributed by atoms with Crippen molar-refractivity contribution in [3.63, 3.8) is 0 Å². The first-order valence-electron chi connectivity index (χ1n) is 8.79. The highest BCUT2D eigenvalue weighted by atomic mass is 16.2. The molecule has 0 radical (unpaired) electrons. The van der Waals surface area contributed by atoms with E-state index in [9.17, 15) is 4.79 Å². The third kappa shape index (κ3) is 3.88. The molecule has 5 nitrogen and oxygen atoms in total. The summed E-state index contributed by atoms with van der Waals surface area (Å²) in [7, 11) is 0. The Hall–Kier alpha value is -1.36. The van der Waals surface area contributed by atoms with Crippen molar-refractivity contribution in [3.8, 4) is 0 Å². The molecule has 3 rings (SSSR count). The van der Waals surface area contributed by atoms with Crippen LogP contribution >= 0.6 is 0 Å². The lowest BCUT2D eigenvalue weighted by Gasteiger charge is -2.38. The van der Waals surface area contributed by atoms with Gasteiger partial charge in [0.15, 0.2) is 0 Å². The maximum absolute atomic E-state index is 12.3. The standard InChI is InChI=1S/C17H28N4O/c1-13-11-16(20-19-13)17(22)18-14-7-6-10-21(12-14)15-8-4-2-3-5-9-15/h11,14-15H,2-10,12H2,1H3,(H,18,22)(H,19,20). The van der Waals surface area contributed by atoms with Gasteiger partial charge in [0.2, 0.25) is 0 Å². The topological polar surface area (TPSA) is 61.0 Å². The van der Waals surface area contributed by atoms with E-state index >= 15 is 0 Å². The highest BCUT2D eigenvalue weighted by molar-refractivity contribution is 5.92.